The van der Waals surface area contributed by atoms with E-state index in [2.05, 4.69) is 59.5 Å². The summed E-state index contributed by atoms with van der Waals surface area (Å²) in [7, 11) is 0. The molecule has 0 aliphatic heterocycles. The van der Waals surface area contributed by atoms with Crippen molar-refractivity contribution in [2.24, 2.45) is 0 Å². The molecule has 198 valence electrons. The molecule has 42 heavy (non-hydrogen) atoms. The molecule has 0 saturated heterocycles. The Labute approximate surface area is 239 Å². The summed E-state index contributed by atoms with van der Waals surface area (Å²) in [5.41, 5.74) is 8.77. The third-order valence-electron chi connectivity index (χ3n) is 7.89. The van der Waals surface area contributed by atoms with E-state index in [1.165, 1.54) is 0 Å². The van der Waals surface area contributed by atoms with Crippen LogP contribution in [0.25, 0.3) is 66.4 Å². The van der Waals surface area contributed by atoms with E-state index in [4.69, 9.17) is 18.2 Å². The Morgan fingerprint density at radius 1 is 0.429 bits per heavy atom. The van der Waals surface area contributed by atoms with E-state index < -0.39 is 0 Å². The Morgan fingerprint density at radius 2 is 1.05 bits per heavy atom. The van der Waals surface area contributed by atoms with Crippen molar-refractivity contribution in [2.75, 3.05) is 4.90 Å². The fraction of sp³-hybridized carbons (Fsp3) is 0. The first-order chi connectivity index (χ1) is 20.8. The lowest BCUT2D eigenvalue weighted by molar-refractivity contribution is 0.619. The van der Waals surface area contributed by atoms with Gasteiger partial charge in [-0.1, -0.05) is 54.6 Å². The SMILES string of the molecule is c1ccc(-c2nc3c(ccc4oc5cc(N(c6ccccc6)c6ccc7c(c6)oc6ccccc67)ccc5c43)o2)cc1. The Kier molecular flexibility index (Phi) is 4.83. The molecular formula is C37H22N2O3. The summed E-state index contributed by atoms with van der Waals surface area (Å²) >= 11 is 0. The molecule has 3 aromatic heterocycles. The number of oxazole rings is 1. The maximum Gasteiger partial charge on any atom is 0.227 e. The first-order valence-corrected chi connectivity index (χ1v) is 13.9. The average molecular weight is 543 g/mol. The third kappa shape index (κ3) is 3.47. The Balaban J connectivity index is 1.22. The number of nitrogens with zero attached hydrogens (tertiary/aromatic N) is 2. The highest BCUT2D eigenvalue weighted by atomic mass is 16.4. The molecule has 0 spiro atoms. The minimum absolute atomic E-state index is 0.598. The second kappa shape index (κ2) is 8.85. The van der Waals surface area contributed by atoms with Gasteiger partial charge in [-0.15, -0.1) is 0 Å². The molecule has 0 radical (unpaired) electrons. The molecule has 9 rings (SSSR count). The van der Waals surface area contributed by atoms with Crippen molar-refractivity contribution in [1.82, 2.24) is 4.98 Å². The van der Waals surface area contributed by atoms with Gasteiger partial charge in [-0.05, 0) is 66.7 Å². The molecule has 0 aliphatic carbocycles. The summed E-state index contributed by atoms with van der Waals surface area (Å²) in [5.74, 6) is 0.598. The number of anilines is 3. The number of aromatic nitrogens is 1. The first kappa shape index (κ1) is 22.9. The van der Waals surface area contributed by atoms with Crippen molar-refractivity contribution in [3.63, 3.8) is 0 Å². The van der Waals surface area contributed by atoms with Crippen molar-refractivity contribution < 1.29 is 13.3 Å². The molecule has 0 aliphatic rings. The molecule has 9 aromatic rings. The number of hydrogen-bond donors (Lipinski definition) is 0. The topological polar surface area (TPSA) is 55.6 Å². The lowest BCUT2D eigenvalue weighted by Crippen LogP contribution is -2.09. The van der Waals surface area contributed by atoms with Crippen LogP contribution >= 0.6 is 0 Å². The monoisotopic (exact) mass is 542 g/mol. The van der Waals surface area contributed by atoms with Gasteiger partial charge in [-0.2, -0.15) is 0 Å². The molecule has 0 atom stereocenters. The second-order valence-electron chi connectivity index (χ2n) is 10.4. The van der Waals surface area contributed by atoms with Crippen molar-refractivity contribution in [3.05, 3.63) is 133 Å². The van der Waals surface area contributed by atoms with E-state index in [1.807, 2.05) is 78.9 Å². The van der Waals surface area contributed by atoms with Crippen LogP contribution in [-0.4, -0.2) is 4.98 Å². The lowest BCUT2D eigenvalue weighted by atomic mass is 10.1. The molecule has 5 heteroatoms. The molecule has 0 bridgehead atoms. The van der Waals surface area contributed by atoms with Gasteiger partial charge in [0.2, 0.25) is 5.89 Å². The fourth-order valence-corrected chi connectivity index (χ4v) is 5.96. The van der Waals surface area contributed by atoms with Crippen LogP contribution in [0.2, 0.25) is 0 Å². The molecule has 3 heterocycles. The quantitative estimate of drug-likeness (QED) is 0.221. The highest BCUT2D eigenvalue weighted by Crippen LogP contribution is 2.42. The van der Waals surface area contributed by atoms with Crippen molar-refractivity contribution in [3.8, 4) is 11.5 Å². The minimum Gasteiger partial charge on any atom is -0.456 e. The van der Waals surface area contributed by atoms with E-state index in [1.54, 1.807) is 0 Å². The van der Waals surface area contributed by atoms with Gasteiger partial charge in [0.25, 0.3) is 0 Å². The van der Waals surface area contributed by atoms with Crippen molar-refractivity contribution in [2.45, 2.75) is 0 Å². The van der Waals surface area contributed by atoms with Crippen LogP contribution in [0.4, 0.5) is 17.1 Å². The van der Waals surface area contributed by atoms with E-state index in [9.17, 15) is 0 Å². The molecule has 0 saturated carbocycles. The summed E-state index contributed by atoms with van der Waals surface area (Å²) in [4.78, 5) is 7.11. The Morgan fingerprint density at radius 3 is 1.86 bits per heavy atom. The zero-order chi connectivity index (χ0) is 27.6. The zero-order valence-electron chi connectivity index (χ0n) is 22.3. The summed E-state index contributed by atoms with van der Waals surface area (Å²) in [6.45, 7) is 0. The van der Waals surface area contributed by atoms with E-state index >= 15 is 0 Å². The van der Waals surface area contributed by atoms with Gasteiger partial charge in [0.15, 0.2) is 5.58 Å². The van der Waals surface area contributed by atoms with Gasteiger partial charge in [-0.3, -0.25) is 0 Å². The van der Waals surface area contributed by atoms with E-state index in [0.29, 0.717) is 5.89 Å². The molecule has 0 fully saturated rings. The van der Waals surface area contributed by atoms with E-state index in [-0.39, 0.29) is 0 Å². The molecule has 5 nitrogen and oxygen atoms in total. The van der Waals surface area contributed by atoms with Crippen LogP contribution in [0.1, 0.15) is 0 Å². The Bertz CT molecular complexity index is 2420. The number of hydrogen-bond acceptors (Lipinski definition) is 5. The molecular weight excluding hydrogens is 520 g/mol. The lowest BCUT2D eigenvalue weighted by Gasteiger charge is -2.25. The molecule has 6 aromatic carbocycles. The number of para-hydroxylation sites is 2. The summed E-state index contributed by atoms with van der Waals surface area (Å²) in [6.07, 6.45) is 0. The highest BCUT2D eigenvalue weighted by Gasteiger charge is 2.20. The van der Waals surface area contributed by atoms with Crippen LogP contribution in [0.5, 0.6) is 0 Å². The fourth-order valence-electron chi connectivity index (χ4n) is 5.96. The normalized spacial score (nSPS) is 11.8. The minimum atomic E-state index is 0.598. The maximum absolute atomic E-state index is 6.42. The van der Waals surface area contributed by atoms with Crippen molar-refractivity contribution in [1.29, 1.82) is 0 Å². The predicted molar refractivity (Wildman–Crippen MR) is 169 cm³/mol. The van der Waals surface area contributed by atoms with Crippen LogP contribution in [0.3, 0.4) is 0 Å². The van der Waals surface area contributed by atoms with Crippen molar-refractivity contribution >= 4 is 72.0 Å². The Hall–Kier alpha value is -5.81. The number of rotatable bonds is 4. The maximum atomic E-state index is 6.42. The zero-order valence-corrected chi connectivity index (χ0v) is 22.3. The number of fused-ring (bicyclic) bond motifs is 8. The molecule has 0 unspecified atom stereocenters. The third-order valence-corrected chi connectivity index (χ3v) is 7.89. The largest absolute Gasteiger partial charge is 0.456 e. The molecule has 0 amide bonds. The second-order valence-corrected chi connectivity index (χ2v) is 10.4. The summed E-state index contributed by atoms with van der Waals surface area (Å²) in [6, 6.07) is 45.1. The summed E-state index contributed by atoms with van der Waals surface area (Å²) in [5, 5.41) is 4.16. The van der Waals surface area contributed by atoms with Gasteiger partial charge in [-0.25, -0.2) is 4.98 Å². The van der Waals surface area contributed by atoms with Gasteiger partial charge < -0.3 is 18.2 Å². The average Bonchev–Trinajstić information content (AvgIpc) is 3.74. The first-order valence-electron chi connectivity index (χ1n) is 13.9. The van der Waals surface area contributed by atoms with Crippen LogP contribution in [0.15, 0.2) is 147 Å². The van der Waals surface area contributed by atoms with Gasteiger partial charge >= 0.3 is 0 Å². The van der Waals surface area contributed by atoms with Gasteiger partial charge in [0.1, 0.15) is 27.8 Å². The van der Waals surface area contributed by atoms with Crippen LogP contribution < -0.4 is 4.90 Å². The standard InChI is InChI=1S/C37H22N2O3/c1-3-9-23(10-4-1)37-38-36-32(42-37)20-19-31-35(36)29-18-16-26(22-34(29)41-31)39(24-11-5-2-6-12-24)25-15-17-28-27-13-7-8-14-30(27)40-33(28)21-25/h1-22H. The smallest absolute Gasteiger partial charge is 0.227 e. The number of furan rings is 2. The predicted octanol–water partition coefficient (Wildman–Crippen LogP) is 10.8. The molecule has 0 N–H and O–H groups in total. The number of benzene rings is 6. The van der Waals surface area contributed by atoms with Gasteiger partial charge in [0, 0.05) is 50.9 Å². The van der Waals surface area contributed by atoms with Gasteiger partial charge in [0.05, 0.1) is 5.39 Å². The highest BCUT2D eigenvalue weighted by molar-refractivity contribution is 6.17. The van der Waals surface area contributed by atoms with Crippen LogP contribution in [0, 0.1) is 0 Å². The van der Waals surface area contributed by atoms with Crippen LogP contribution in [-0.2, 0) is 0 Å². The van der Waals surface area contributed by atoms with E-state index in [0.717, 1.165) is 77.6 Å². The summed E-state index contributed by atoms with van der Waals surface area (Å²) < 4.78 is 18.8.